The van der Waals surface area contributed by atoms with Gasteiger partial charge in [-0.15, -0.1) is 0 Å². The second-order valence-corrected chi connectivity index (χ2v) is 5.02. The predicted molar refractivity (Wildman–Crippen MR) is 80.6 cm³/mol. The molecule has 0 saturated carbocycles. The molecule has 1 aromatic carbocycles. The minimum atomic E-state index is -1.04. The van der Waals surface area contributed by atoms with Crippen molar-refractivity contribution in [2.45, 2.75) is 13.8 Å². The van der Waals surface area contributed by atoms with Crippen molar-refractivity contribution in [2.75, 3.05) is 0 Å². The zero-order valence-electron chi connectivity index (χ0n) is 11.5. The van der Waals surface area contributed by atoms with Crippen LogP contribution in [0.2, 0.25) is 5.02 Å². The molecule has 0 radical (unpaired) electrons. The molecule has 0 amide bonds. The maximum atomic E-state index is 10.9. The fraction of sp³-hybridized carbons (Fsp3) is 0.200. The van der Waals surface area contributed by atoms with E-state index in [9.17, 15) is 4.79 Å². The zero-order valence-corrected chi connectivity index (χ0v) is 12.3. The van der Waals surface area contributed by atoms with E-state index < -0.39 is 5.97 Å². The van der Waals surface area contributed by atoms with Crippen molar-refractivity contribution >= 4 is 29.5 Å². The Morgan fingerprint density at radius 3 is 2.55 bits per heavy atom. The first-order valence-corrected chi connectivity index (χ1v) is 6.47. The van der Waals surface area contributed by atoms with E-state index in [2.05, 4.69) is 9.56 Å². The van der Waals surface area contributed by atoms with Gasteiger partial charge in [-0.05, 0) is 38.1 Å². The van der Waals surface area contributed by atoms with Gasteiger partial charge in [-0.3, -0.25) is 4.99 Å². The van der Waals surface area contributed by atoms with Crippen LogP contribution in [-0.4, -0.2) is 21.9 Å². The Morgan fingerprint density at radius 2 is 2.05 bits per heavy atom. The van der Waals surface area contributed by atoms with Gasteiger partial charge in [0.1, 0.15) is 0 Å². The lowest BCUT2D eigenvalue weighted by molar-refractivity contribution is 0.0697. The minimum absolute atomic E-state index is 0.0809. The molecule has 0 aliphatic rings. The number of benzene rings is 1. The summed E-state index contributed by atoms with van der Waals surface area (Å²) in [5.74, 6) is -1.04. The van der Waals surface area contributed by atoms with Crippen LogP contribution in [0.4, 0.5) is 5.69 Å². The van der Waals surface area contributed by atoms with Gasteiger partial charge in [-0.25, -0.2) is 4.79 Å². The van der Waals surface area contributed by atoms with Crippen molar-refractivity contribution in [1.82, 2.24) is 4.57 Å². The molecule has 1 heterocycles. The average molecular weight is 291 g/mol. The summed E-state index contributed by atoms with van der Waals surface area (Å²) in [5.41, 5.74) is 4.02. The van der Waals surface area contributed by atoms with Gasteiger partial charge < -0.3 is 9.67 Å². The van der Waals surface area contributed by atoms with Gasteiger partial charge in [0.25, 0.3) is 0 Å². The van der Waals surface area contributed by atoms with Crippen molar-refractivity contribution in [1.29, 1.82) is 0 Å². The van der Waals surface area contributed by atoms with Crippen LogP contribution in [0.5, 0.6) is 0 Å². The Bertz CT molecular complexity index is 702. The minimum Gasteiger partial charge on any atom is -0.478 e. The summed E-state index contributed by atoms with van der Waals surface area (Å²) in [6.07, 6.45) is 1.76. The average Bonchev–Trinajstić information content (AvgIpc) is 2.63. The standard InChI is InChI=1S/C15H15ClN2O2/c1-9-6-11(10(2)18(9)3)8-17-12-4-5-13(15(19)20)14(16)7-12/h4-8H,1-3H3,(H,19,20). The molecule has 5 heteroatoms. The first kappa shape index (κ1) is 14.3. The first-order valence-electron chi connectivity index (χ1n) is 6.10. The summed E-state index contributed by atoms with van der Waals surface area (Å²) in [7, 11) is 2.00. The van der Waals surface area contributed by atoms with Gasteiger partial charge in [0.15, 0.2) is 0 Å². The number of nitrogens with zero attached hydrogens (tertiary/aromatic N) is 2. The number of halogens is 1. The number of aryl methyl sites for hydroxylation is 1. The van der Waals surface area contributed by atoms with Crippen LogP contribution in [0.15, 0.2) is 29.3 Å². The Labute approximate surface area is 122 Å². The number of aromatic nitrogens is 1. The number of carbonyl (C=O) groups is 1. The van der Waals surface area contributed by atoms with Crippen LogP contribution in [0.25, 0.3) is 0 Å². The molecule has 1 N–H and O–H groups in total. The van der Waals surface area contributed by atoms with Crippen LogP contribution in [0, 0.1) is 13.8 Å². The monoisotopic (exact) mass is 290 g/mol. The summed E-state index contributed by atoms with van der Waals surface area (Å²) in [6.45, 7) is 4.05. The molecular formula is C15H15ClN2O2. The SMILES string of the molecule is Cc1cc(C=Nc2ccc(C(=O)O)c(Cl)c2)c(C)n1C. The first-order chi connectivity index (χ1) is 9.40. The summed E-state index contributed by atoms with van der Waals surface area (Å²) in [6, 6.07) is 6.69. The van der Waals surface area contributed by atoms with Crippen LogP contribution >= 0.6 is 11.6 Å². The van der Waals surface area contributed by atoms with Gasteiger partial charge in [0.2, 0.25) is 0 Å². The molecule has 0 bridgehead atoms. The van der Waals surface area contributed by atoms with Gasteiger partial charge in [-0.1, -0.05) is 11.6 Å². The Balaban J connectivity index is 2.30. The highest BCUT2D eigenvalue weighted by atomic mass is 35.5. The number of carboxylic acid groups (broad SMARTS) is 1. The number of hydrogen-bond donors (Lipinski definition) is 1. The summed E-state index contributed by atoms with van der Waals surface area (Å²) >= 11 is 5.91. The van der Waals surface area contributed by atoms with E-state index >= 15 is 0 Å². The van der Waals surface area contributed by atoms with E-state index in [-0.39, 0.29) is 10.6 Å². The third kappa shape index (κ3) is 2.75. The Morgan fingerprint density at radius 1 is 1.35 bits per heavy atom. The lowest BCUT2D eigenvalue weighted by atomic mass is 10.2. The quantitative estimate of drug-likeness (QED) is 0.875. The van der Waals surface area contributed by atoms with Crippen LogP contribution in [-0.2, 0) is 7.05 Å². The fourth-order valence-electron chi connectivity index (χ4n) is 1.92. The van der Waals surface area contributed by atoms with Crippen LogP contribution in [0.1, 0.15) is 27.3 Å². The van der Waals surface area contributed by atoms with E-state index in [0.29, 0.717) is 5.69 Å². The third-order valence-corrected chi connectivity index (χ3v) is 3.66. The Kier molecular flexibility index (Phi) is 3.95. The van der Waals surface area contributed by atoms with E-state index in [1.54, 1.807) is 18.3 Å². The molecule has 0 aliphatic carbocycles. The number of aliphatic imine (C=N–C) groups is 1. The second-order valence-electron chi connectivity index (χ2n) is 4.61. The van der Waals surface area contributed by atoms with Crippen LogP contribution < -0.4 is 0 Å². The molecule has 2 aromatic rings. The molecule has 0 saturated heterocycles. The molecule has 104 valence electrons. The molecule has 2 rings (SSSR count). The van der Waals surface area contributed by atoms with Gasteiger partial charge in [-0.2, -0.15) is 0 Å². The molecule has 1 aromatic heterocycles. The van der Waals surface area contributed by atoms with Gasteiger partial charge >= 0.3 is 5.97 Å². The molecule has 0 unspecified atom stereocenters. The molecule has 4 nitrogen and oxygen atoms in total. The van der Waals surface area contributed by atoms with Crippen molar-refractivity contribution in [3.63, 3.8) is 0 Å². The number of aromatic carboxylic acids is 1. The highest BCUT2D eigenvalue weighted by Crippen LogP contribution is 2.23. The molecule has 0 fully saturated rings. The third-order valence-electron chi connectivity index (χ3n) is 3.35. The maximum absolute atomic E-state index is 10.9. The summed E-state index contributed by atoms with van der Waals surface area (Å²) < 4.78 is 2.09. The second kappa shape index (κ2) is 5.51. The normalized spacial score (nSPS) is 11.2. The predicted octanol–water partition coefficient (Wildman–Crippen LogP) is 3.74. The molecule has 20 heavy (non-hydrogen) atoms. The van der Waals surface area contributed by atoms with Crippen LogP contribution in [0.3, 0.4) is 0 Å². The zero-order chi connectivity index (χ0) is 14.9. The molecule has 0 aliphatic heterocycles. The van der Waals surface area contributed by atoms with Crippen molar-refractivity contribution < 1.29 is 9.90 Å². The highest BCUT2D eigenvalue weighted by Gasteiger charge is 2.08. The fourth-order valence-corrected chi connectivity index (χ4v) is 2.17. The smallest absolute Gasteiger partial charge is 0.337 e. The summed E-state index contributed by atoms with van der Waals surface area (Å²) in [4.78, 5) is 15.2. The van der Waals surface area contributed by atoms with E-state index in [1.165, 1.54) is 6.07 Å². The number of hydrogen-bond acceptors (Lipinski definition) is 2. The largest absolute Gasteiger partial charge is 0.478 e. The van der Waals surface area contributed by atoms with E-state index in [1.807, 2.05) is 27.0 Å². The molecule has 0 atom stereocenters. The number of rotatable bonds is 3. The van der Waals surface area contributed by atoms with Crippen molar-refractivity contribution in [2.24, 2.45) is 12.0 Å². The van der Waals surface area contributed by atoms with Gasteiger partial charge in [0.05, 0.1) is 16.3 Å². The van der Waals surface area contributed by atoms with E-state index in [4.69, 9.17) is 16.7 Å². The molecule has 0 spiro atoms. The van der Waals surface area contributed by atoms with Crippen molar-refractivity contribution in [3.05, 3.63) is 51.8 Å². The van der Waals surface area contributed by atoms with E-state index in [0.717, 1.165) is 17.0 Å². The lowest BCUT2D eigenvalue weighted by Gasteiger charge is -2.00. The lowest BCUT2D eigenvalue weighted by Crippen LogP contribution is -1.96. The van der Waals surface area contributed by atoms with Crippen molar-refractivity contribution in [3.8, 4) is 0 Å². The highest BCUT2D eigenvalue weighted by molar-refractivity contribution is 6.33. The Hall–Kier alpha value is -2.07. The summed E-state index contributed by atoms with van der Waals surface area (Å²) in [5, 5.41) is 9.10. The maximum Gasteiger partial charge on any atom is 0.337 e. The number of carboxylic acids is 1. The molecular weight excluding hydrogens is 276 g/mol. The van der Waals surface area contributed by atoms with Gasteiger partial charge in [0, 0.05) is 30.2 Å². The topological polar surface area (TPSA) is 54.6 Å².